The number of hydrogen-bond donors (Lipinski definition) is 2. The quantitative estimate of drug-likeness (QED) is 0.823. The normalized spacial score (nSPS) is 12.9. The van der Waals surface area contributed by atoms with Crippen LogP contribution in [0, 0.1) is 19.3 Å². The third-order valence-corrected chi connectivity index (χ3v) is 4.60. The highest BCUT2D eigenvalue weighted by Crippen LogP contribution is 2.20. The molecule has 1 rings (SSSR count). The molecule has 1 heterocycles. The first-order valence-corrected chi connectivity index (χ1v) is 8.25. The number of aromatic nitrogens is 2. The van der Waals surface area contributed by atoms with Gasteiger partial charge in [0, 0.05) is 13.1 Å². The van der Waals surface area contributed by atoms with Gasteiger partial charge in [0.1, 0.15) is 4.90 Å². The van der Waals surface area contributed by atoms with Crippen molar-refractivity contribution < 1.29 is 8.42 Å². The average molecular weight is 302 g/mol. The van der Waals surface area contributed by atoms with Crippen LogP contribution in [-0.4, -0.2) is 38.3 Å². The van der Waals surface area contributed by atoms with Gasteiger partial charge in [-0.25, -0.2) is 13.1 Å². The van der Waals surface area contributed by atoms with E-state index in [1.54, 1.807) is 18.5 Å². The topological polar surface area (TPSA) is 76.0 Å². The molecule has 116 valence electrons. The van der Waals surface area contributed by atoms with E-state index in [9.17, 15) is 8.42 Å². The fraction of sp³-hybridized carbons (Fsp3) is 0.769. The van der Waals surface area contributed by atoms with E-state index < -0.39 is 10.0 Å². The Morgan fingerprint density at radius 2 is 1.85 bits per heavy atom. The molecule has 0 bridgehead atoms. The standard InChI is InChI=1S/C13H26N4O2S/c1-10-12(11(2)17(16-10)8-7-14-6)20(18,19)15-9-13(3,4)5/h14-15H,7-9H2,1-6H3. The molecular formula is C13H26N4O2S. The Bertz CT molecular complexity index is 556. The van der Waals surface area contributed by atoms with E-state index in [1.165, 1.54) is 0 Å². The number of hydrogen-bond acceptors (Lipinski definition) is 4. The van der Waals surface area contributed by atoms with Crippen molar-refractivity contribution >= 4 is 10.0 Å². The lowest BCUT2D eigenvalue weighted by atomic mass is 9.98. The Hall–Kier alpha value is -0.920. The maximum atomic E-state index is 12.4. The monoisotopic (exact) mass is 302 g/mol. The molecule has 0 aromatic carbocycles. The molecule has 0 aliphatic heterocycles. The lowest BCUT2D eigenvalue weighted by Crippen LogP contribution is -2.32. The minimum absolute atomic E-state index is 0.100. The lowest BCUT2D eigenvalue weighted by Gasteiger charge is -2.18. The SMILES string of the molecule is CNCCn1nc(C)c(S(=O)(=O)NCC(C)(C)C)c1C. The highest BCUT2D eigenvalue weighted by Gasteiger charge is 2.25. The van der Waals surface area contributed by atoms with E-state index in [0.29, 0.717) is 29.4 Å². The first-order chi connectivity index (χ1) is 9.08. The highest BCUT2D eigenvalue weighted by molar-refractivity contribution is 7.89. The maximum absolute atomic E-state index is 12.4. The molecule has 0 spiro atoms. The molecule has 0 unspecified atom stereocenters. The molecule has 0 atom stereocenters. The Labute approximate surface area is 122 Å². The van der Waals surface area contributed by atoms with Gasteiger partial charge in [-0.1, -0.05) is 20.8 Å². The predicted molar refractivity (Wildman–Crippen MR) is 80.3 cm³/mol. The van der Waals surface area contributed by atoms with Gasteiger partial charge in [0.05, 0.1) is 17.9 Å². The van der Waals surface area contributed by atoms with Crippen LogP contribution in [0.1, 0.15) is 32.2 Å². The molecule has 2 N–H and O–H groups in total. The number of nitrogens with one attached hydrogen (secondary N) is 2. The molecule has 7 heteroatoms. The van der Waals surface area contributed by atoms with Gasteiger partial charge < -0.3 is 5.32 Å². The molecule has 0 aliphatic rings. The molecule has 1 aromatic heterocycles. The van der Waals surface area contributed by atoms with Crippen LogP contribution in [0.4, 0.5) is 0 Å². The number of sulfonamides is 1. The first-order valence-electron chi connectivity index (χ1n) is 6.77. The van der Waals surface area contributed by atoms with Crippen molar-refractivity contribution in [3.05, 3.63) is 11.4 Å². The third kappa shape index (κ3) is 4.29. The lowest BCUT2D eigenvalue weighted by molar-refractivity contribution is 0.407. The van der Waals surface area contributed by atoms with Gasteiger partial charge in [-0.05, 0) is 26.3 Å². The summed E-state index contributed by atoms with van der Waals surface area (Å²) >= 11 is 0. The third-order valence-electron chi connectivity index (χ3n) is 2.95. The Kier molecular flexibility index (Phi) is 5.34. The minimum atomic E-state index is -3.51. The summed E-state index contributed by atoms with van der Waals surface area (Å²) in [6, 6.07) is 0. The second-order valence-electron chi connectivity index (χ2n) is 6.21. The van der Waals surface area contributed by atoms with Gasteiger partial charge in [-0.3, -0.25) is 4.68 Å². The summed E-state index contributed by atoms with van der Waals surface area (Å²) < 4.78 is 29.3. The molecule has 0 amide bonds. The van der Waals surface area contributed by atoms with Crippen molar-refractivity contribution in [3.8, 4) is 0 Å². The molecular weight excluding hydrogens is 276 g/mol. The fourth-order valence-corrected chi connectivity index (χ4v) is 3.58. The number of aryl methyl sites for hydroxylation is 1. The van der Waals surface area contributed by atoms with E-state index in [1.807, 2.05) is 27.8 Å². The van der Waals surface area contributed by atoms with Crippen LogP contribution < -0.4 is 10.0 Å². The molecule has 6 nitrogen and oxygen atoms in total. The van der Waals surface area contributed by atoms with Crippen LogP contribution in [0.25, 0.3) is 0 Å². The van der Waals surface area contributed by atoms with Crippen molar-refractivity contribution in [1.82, 2.24) is 19.8 Å². The van der Waals surface area contributed by atoms with Crippen LogP contribution in [0.2, 0.25) is 0 Å². The van der Waals surface area contributed by atoms with Gasteiger partial charge in [-0.2, -0.15) is 5.10 Å². The van der Waals surface area contributed by atoms with Gasteiger partial charge in [0.15, 0.2) is 0 Å². The average Bonchev–Trinajstić information content (AvgIpc) is 2.59. The summed E-state index contributed by atoms with van der Waals surface area (Å²) in [6.07, 6.45) is 0. The van der Waals surface area contributed by atoms with Crippen LogP contribution in [0.3, 0.4) is 0 Å². The van der Waals surface area contributed by atoms with Crippen LogP contribution in [-0.2, 0) is 16.6 Å². The van der Waals surface area contributed by atoms with Gasteiger partial charge in [-0.15, -0.1) is 0 Å². The van der Waals surface area contributed by atoms with Crippen molar-refractivity contribution in [2.24, 2.45) is 5.41 Å². The summed E-state index contributed by atoms with van der Waals surface area (Å²) in [6.45, 7) is 11.3. The van der Waals surface area contributed by atoms with Gasteiger partial charge in [0.2, 0.25) is 10.0 Å². The van der Waals surface area contributed by atoms with Crippen molar-refractivity contribution in [3.63, 3.8) is 0 Å². The highest BCUT2D eigenvalue weighted by atomic mass is 32.2. The minimum Gasteiger partial charge on any atom is -0.318 e. The zero-order valence-corrected chi connectivity index (χ0v) is 14.1. The van der Waals surface area contributed by atoms with E-state index >= 15 is 0 Å². The zero-order valence-electron chi connectivity index (χ0n) is 13.2. The number of rotatable bonds is 6. The molecule has 0 saturated carbocycles. The predicted octanol–water partition coefficient (Wildman–Crippen LogP) is 1.04. The smallest absolute Gasteiger partial charge is 0.244 e. The largest absolute Gasteiger partial charge is 0.318 e. The van der Waals surface area contributed by atoms with E-state index in [-0.39, 0.29) is 5.41 Å². The van der Waals surface area contributed by atoms with Crippen LogP contribution in [0.15, 0.2) is 4.90 Å². The Balaban J connectivity index is 3.03. The molecule has 0 radical (unpaired) electrons. The summed E-state index contributed by atoms with van der Waals surface area (Å²) in [7, 11) is -1.66. The molecule has 20 heavy (non-hydrogen) atoms. The number of likely N-dealkylation sites (N-methyl/N-ethyl adjacent to an activating group) is 1. The van der Waals surface area contributed by atoms with Gasteiger partial charge in [0.25, 0.3) is 0 Å². The Morgan fingerprint density at radius 3 is 2.35 bits per heavy atom. The summed E-state index contributed by atoms with van der Waals surface area (Å²) in [4.78, 5) is 0.304. The zero-order chi connectivity index (χ0) is 15.6. The first kappa shape index (κ1) is 17.1. The van der Waals surface area contributed by atoms with E-state index in [4.69, 9.17) is 0 Å². The summed E-state index contributed by atoms with van der Waals surface area (Å²) in [5, 5.41) is 7.35. The van der Waals surface area contributed by atoms with E-state index in [2.05, 4.69) is 15.1 Å². The molecule has 0 fully saturated rings. The van der Waals surface area contributed by atoms with Crippen LogP contribution in [0.5, 0.6) is 0 Å². The van der Waals surface area contributed by atoms with E-state index in [0.717, 1.165) is 6.54 Å². The van der Waals surface area contributed by atoms with Crippen LogP contribution >= 0.6 is 0 Å². The molecule has 0 aliphatic carbocycles. The van der Waals surface area contributed by atoms with Gasteiger partial charge >= 0.3 is 0 Å². The second-order valence-corrected chi connectivity index (χ2v) is 7.92. The molecule has 0 saturated heterocycles. The Morgan fingerprint density at radius 1 is 1.25 bits per heavy atom. The maximum Gasteiger partial charge on any atom is 0.244 e. The summed E-state index contributed by atoms with van der Waals surface area (Å²) in [5.41, 5.74) is 1.12. The molecule has 1 aromatic rings. The van der Waals surface area contributed by atoms with Crippen molar-refractivity contribution in [2.75, 3.05) is 20.1 Å². The van der Waals surface area contributed by atoms with Crippen molar-refractivity contribution in [2.45, 2.75) is 46.1 Å². The fourth-order valence-electron chi connectivity index (χ4n) is 1.89. The second kappa shape index (κ2) is 6.24. The van der Waals surface area contributed by atoms with Crippen molar-refractivity contribution in [1.29, 1.82) is 0 Å². The number of nitrogens with zero attached hydrogens (tertiary/aromatic N) is 2. The summed E-state index contributed by atoms with van der Waals surface area (Å²) in [5.74, 6) is 0.